The molecule has 3 rings (SSSR count). The Kier molecular flexibility index (Phi) is 4.08. The molecular weight excluding hydrogens is 246 g/mol. The third-order valence-corrected chi connectivity index (χ3v) is 4.49. The van der Waals surface area contributed by atoms with Gasteiger partial charge < -0.3 is 16.0 Å². The Hall–Kier alpha value is -1.32. The lowest BCUT2D eigenvalue weighted by atomic mass is 9.95. The molecule has 0 aliphatic carbocycles. The van der Waals surface area contributed by atoms with Gasteiger partial charge in [0.05, 0.1) is 0 Å². The molecule has 3 nitrogen and oxygen atoms in total. The SMILES string of the molecule is Cc1cccc2c3c([nH]c12)C(CCCCCN)NCC3. The summed E-state index contributed by atoms with van der Waals surface area (Å²) in [6.45, 7) is 4.10. The van der Waals surface area contributed by atoms with Crippen LogP contribution in [0.1, 0.15) is 48.5 Å². The van der Waals surface area contributed by atoms with Crippen molar-refractivity contribution in [1.82, 2.24) is 10.3 Å². The van der Waals surface area contributed by atoms with Crippen LogP contribution in [-0.4, -0.2) is 18.1 Å². The van der Waals surface area contributed by atoms with Crippen LogP contribution in [0.25, 0.3) is 10.9 Å². The average molecular weight is 271 g/mol. The Morgan fingerprint density at radius 3 is 3.00 bits per heavy atom. The van der Waals surface area contributed by atoms with Crippen molar-refractivity contribution in [3.05, 3.63) is 35.0 Å². The topological polar surface area (TPSA) is 53.8 Å². The standard InChI is InChI=1S/C17H25N3/c1-12-6-5-7-13-14-9-11-19-15(8-3-2-4-10-18)17(14)20-16(12)13/h5-7,15,19-20H,2-4,8-11,18H2,1H3. The molecule has 1 aliphatic heterocycles. The summed E-state index contributed by atoms with van der Waals surface area (Å²) in [4.78, 5) is 3.69. The molecule has 0 radical (unpaired) electrons. The number of para-hydroxylation sites is 1. The van der Waals surface area contributed by atoms with Crippen molar-refractivity contribution in [2.75, 3.05) is 13.1 Å². The van der Waals surface area contributed by atoms with Crippen LogP contribution in [0.15, 0.2) is 18.2 Å². The first-order valence-corrected chi connectivity index (χ1v) is 7.84. The van der Waals surface area contributed by atoms with E-state index in [2.05, 4.69) is 35.4 Å². The number of aryl methyl sites for hydroxylation is 1. The van der Waals surface area contributed by atoms with Crippen LogP contribution in [0, 0.1) is 6.92 Å². The highest BCUT2D eigenvalue weighted by Crippen LogP contribution is 2.33. The van der Waals surface area contributed by atoms with Crippen molar-refractivity contribution in [2.45, 2.75) is 45.1 Å². The molecule has 108 valence electrons. The molecule has 4 N–H and O–H groups in total. The summed E-state index contributed by atoms with van der Waals surface area (Å²) >= 11 is 0. The number of hydrogen-bond acceptors (Lipinski definition) is 2. The molecule has 0 saturated heterocycles. The number of nitrogens with one attached hydrogen (secondary N) is 2. The van der Waals surface area contributed by atoms with Gasteiger partial charge in [0.1, 0.15) is 0 Å². The molecule has 2 aromatic rings. The van der Waals surface area contributed by atoms with E-state index in [0.717, 1.165) is 25.9 Å². The molecule has 1 aromatic carbocycles. The smallest absolute Gasteiger partial charge is 0.0489 e. The highest BCUT2D eigenvalue weighted by Gasteiger charge is 2.23. The molecular formula is C17H25N3. The van der Waals surface area contributed by atoms with Crippen molar-refractivity contribution in [3.8, 4) is 0 Å². The molecule has 0 bridgehead atoms. The Bertz CT molecular complexity index is 585. The molecule has 0 amide bonds. The van der Waals surface area contributed by atoms with E-state index in [1.54, 1.807) is 0 Å². The maximum absolute atomic E-state index is 5.57. The van der Waals surface area contributed by atoms with Crippen LogP contribution in [0.4, 0.5) is 0 Å². The van der Waals surface area contributed by atoms with Crippen molar-refractivity contribution in [3.63, 3.8) is 0 Å². The molecule has 1 atom stereocenters. The van der Waals surface area contributed by atoms with Gasteiger partial charge in [-0.05, 0) is 50.4 Å². The number of unbranched alkanes of at least 4 members (excludes halogenated alkanes) is 2. The molecule has 0 saturated carbocycles. The maximum atomic E-state index is 5.57. The lowest BCUT2D eigenvalue weighted by Gasteiger charge is -2.24. The summed E-state index contributed by atoms with van der Waals surface area (Å²) in [7, 11) is 0. The summed E-state index contributed by atoms with van der Waals surface area (Å²) in [5.74, 6) is 0. The van der Waals surface area contributed by atoms with E-state index >= 15 is 0 Å². The number of hydrogen-bond donors (Lipinski definition) is 3. The predicted molar refractivity (Wildman–Crippen MR) is 85.0 cm³/mol. The van der Waals surface area contributed by atoms with Crippen LogP contribution >= 0.6 is 0 Å². The van der Waals surface area contributed by atoms with Gasteiger partial charge in [-0.1, -0.05) is 31.0 Å². The molecule has 2 heterocycles. The number of fused-ring (bicyclic) bond motifs is 3. The van der Waals surface area contributed by atoms with Gasteiger partial charge in [0, 0.05) is 22.6 Å². The average Bonchev–Trinajstić information content (AvgIpc) is 2.85. The van der Waals surface area contributed by atoms with E-state index in [9.17, 15) is 0 Å². The van der Waals surface area contributed by atoms with Crippen molar-refractivity contribution in [1.29, 1.82) is 0 Å². The molecule has 0 fully saturated rings. The summed E-state index contributed by atoms with van der Waals surface area (Å²) in [5.41, 5.74) is 11.2. The van der Waals surface area contributed by atoms with E-state index in [1.807, 2.05) is 0 Å². The normalized spacial score (nSPS) is 18.4. The van der Waals surface area contributed by atoms with Gasteiger partial charge in [-0.25, -0.2) is 0 Å². The molecule has 1 unspecified atom stereocenters. The van der Waals surface area contributed by atoms with Gasteiger partial charge in [0.25, 0.3) is 0 Å². The number of nitrogens with two attached hydrogens (primary N) is 1. The van der Waals surface area contributed by atoms with E-state index in [-0.39, 0.29) is 0 Å². The van der Waals surface area contributed by atoms with E-state index in [4.69, 9.17) is 5.73 Å². The second-order valence-corrected chi connectivity index (χ2v) is 5.91. The highest BCUT2D eigenvalue weighted by atomic mass is 15.0. The minimum absolute atomic E-state index is 0.489. The van der Waals surface area contributed by atoms with Gasteiger partial charge in [-0.2, -0.15) is 0 Å². The molecule has 3 heteroatoms. The van der Waals surface area contributed by atoms with E-state index in [1.165, 1.54) is 47.0 Å². The molecule has 1 aliphatic rings. The third-order valence-electron chi connectivity index (χ3n) is 4.49. The fourth-order valence-electron chi connectivity index (χ4n) is 3.40. The first kappa shape index (κ1) is 13.7. The van der Waals surface area contributed by atoms with Crippen molar-refractivity contribution in [2.24, 2.45) is 5.73 Å². The van der Waals surface area contributed by atoms with E-state index < -0.39 is 0 Å². The zero-order chi connectivity index (χ0) is 13.9. The monoisotopic (exact) mass is 271 g/mol. The molecule has 1 aromatic heterocycles. The fraction of sp³-hybridized carbons (Fsp3) is 0.529. The van der Waals surface area contributed by atoms with Crippen molar-refractivity contribution >= 4 is 10.9 Å². The van der Waals surface area contributed by atoms with E-state index in [0.29, 0.717) is 6.04 Å². The molecule has 20 heavy (non-hydrogen) atoms. The second-order valence-electron chi connectivity index (χ2n) is 5.91. The number of benzene rings is 1. The Morgan fingerprint density at radius 2 is 2.15 bits per heavy atom. The van der Waals surface area contributed by atoms with Gasteiger partial charge >= 0.3 is 0 Å². The largest absolute Gasteiger partial charge is 0.357 e. The zero-order valence-electron chi connectivity index (χ0n) is 12.3. The maximum Gasteiger partial charge on any atom is 0.0489 e. The van der Waals surface area contributed by atoms with Crippen LogP contribution in [0.2, 0.25) is 0 Å². The van der Waals surface area contributed by atoms with Gasteiger partial charge in [0.2, 0.25) is 0 Å². The van der Waals surface area contributed by atoms with Gasteiger partial charge in [-0.3, -0.25) is 0 Å². The van der Waals surface area contributed by atoms with Crippen LogP contribution in [-0.2, 0) is 6.42 Å². The van der Waals surface area contributed by atoms with Crippen LogP contribution < -0.4 is 11.1 Å². The molecule has 0 spiro atoms. The minimum Gasteiger partial charge on any atom is -0.357 e. The zero-order valence-corrected chi connectivity index (χ0v) is 12.3. The van der Waals surface area contributed by atoms with Crippen molar-refractivity contribution < 1.29 is 0 Å². The first-order valence-electron chi connectivity index (χ1n) is 7.84. The summed E-state index contributed by atoms with van der Waals surface area (Å²) < 4.78 is 0. The van der Waals surface area contributed by atoms with Gasteiger partial charge in [0.15, 0.2) is 0 Å². The minimum atomic E-state index is 0.489. The predicted octanol–water partition coefficient (Wildman–Crippen LogP) is 3.18. The first-order chi connectivity index (χ1) is 9.81. The summed E-state index contributed by atoms with van der Waals surface area (Å²) in [5, 5.41) is 5.09. The third kappa shape index (κ3) is 2.48. The lowest BCUT2D eigenvalue weighted by Crippen LogP contribution is -2.29. The van der Waals surface area contributed by atoms with Gasteiger partial charge in [-0.15, -0.1) is 0 Å². The highest BCUT2D eigenvalue weighted by molar-refractivity contribution is 5.87. The number of rotatable bonds is 5. The number of aromatic nitrogens is 1. The summed E-state index contributed by atoms with van der Waals surface area (Å²) in [6.07, 6.45) is 5.98. The summed E-state index contributed by atoms with van der Waals surface area (Å²) in [6, 6.07) is 7.11. The number of H-pyrrole nitrogens is 1. The van der Waals surface area contributed by atoms with Crippen LogP contribution in [0.5, 0.6) is 0 Å². The Morgan fingerprint density at radius 1 is 1.25 bits per heavy atom. The quantitative estimate of drug-likeness (QED) is 0.732. The number of aromatic amines is 1. The fourth-order valence-corrected chi connectivity index (χ4v) is 3.40. The Balaban J connectivity index is 1.85. The lowest BCUT2D eigenvalue weighted by molar-refractivity contribution is 0.447. The van der Waals surface area contributed by atoms with Crippen LogP contribution in [0.3, 0.4) is 0 Å². The Labute approximate surface area is 120 Å². The second kappa shape index (κ2) is 5.98.